The van der Waals surface area contributed by atoms with Gasteiger partial charge in [0.25, 0.3) is 5.56 Å². The van der Waals surface area contributed by atoms with Crippen molar-refractivity contribution in [2.75, 3.05) is 0 Å². The number of rotatable bonds is 1. The third kappa shape index (κ3) is 2.16. The zero-order chi connectivity index (χ0) is 14.4. The second-order valence-corrected chi connectivity index (χ2v) is 6.94. The molecule has 3 nitrogen and oxygen atoms in total. The first kappa shape index (κ1) is 13.0. The van der Waals surface area contributed by atoms with Crippen LogP contribution in [0.25, 0.3) is 22.1 Å². The zero-order valence-electron chi connectivity index (χ0n) is 10.8. The van der Waals surface area contributed by atoms with E-state index in [-0.39, 0.29) is 5.56 Å². The molecule has 0 aliphatic rings. The third-order valence-corrected chi connectivity index (χ3v) is 5.00. The number of halogens is 1. The molecular formula is C16H9IN2OS. The summed E-state index contributed by atoms with van der Waals surface area (Å²) in [4.78, 5) is 17.8. The van der Waals surface area contributed by atoms with Crippen molar-refractivity contribution in [2.24, 2.45) is 0 Å². The third-order valence-electron chi connectivity index (χ3n) is 3.31. The highest BCUT2D eigenvalue weighted by Crippen LogP contribution is 2.15. The maximum absolute atomic E-state index is 12.6. The average molecular weight is 404 g/mol. The molecule has 0 saturated carbocycles. The molecule has 2 aromatic carbocycles. The van der Waals surface area contributed by atoms with Crippen LogP contribution in [0.2, 0.25) is 0 Å². The fraction of sp³-hybridized carbons (Fsp3) is 0. The topological polar surface area (TPSA) is 34.4 Å². The summed E-state index contributed by atoms with van der Waals surface area (Å²) in [5, 5.41) is 0. The molecule has 0 atom stereocenters. The fourth-order valence-electron chi connectivity index (χ4n) is 2.32. The Balaban J connectivity index is 2.00. The van der Waals surface area contributed by atoms with Crippen molar-refractivity contribution in [1.82, 2.24) is 9.38 Å². The standard InChI is InChI=1S/C16H9IN2OS/c17-11-7-5-10(6-8-11)9-14-15(20)19-13-4-2-1-3-12(13)18-16(19)21-14/h1-9H. The molecule has 0 radical (unpaired) electrons. The lowest BCUT2D eigenvalue weighted by Gasteiger charge is -1.91. The molecule has 0 amide bonds. The number of aromatic nitrogens is 2. The number of benzene rings is 2. The summed E-state index contributed by atoms with van der Waals surface area (Å²) >= 11 is 3.70. The SMILES string of the molecule is O=c1c(=Cc2ccc(I)cc2)sc2nc3ccccc3n12. The molecule has 102 valence electrons. The summed E-state index contributed by atoms with van der Waals surface area (Å²) in [5.41, 5.74) is 2.77. The summed E-state index contributed by atoms with van der Waals surface area (Å²) in [6.45, 7) is 0. The van der Waals surface area contributed by atoms with Crippen LogP contribution in [-0.4, -0.2) is 9.38 Å². The molecule has 0 saturated heterocycles. The van der Waals surface area contributed by atoms with Crippen LogP contribution in [0.15, 0.2) is 53.3 Å². The normalized spacial score (nSPS) is 12.5. The van der Waals surface area contributed by atoms with Gasteiger partial charge in [0.15, 0.2) is 4.96 Å². The van der Waals surface area contributed by atoms with E-state index in [4.69, 9.17) is 0 Å². The molecule has 2 aromatic heterocycles. The molecule has 0 aliphatic heterocycles. The maximum Gasteiger partial charge on any atom is 0.274 e. The minimum absolute atomic E-state index is 0.00208. The molecule has 4 aromatic rings. The molecule has 0 aliphatic carbocycles. The summed E-state index contributed by atoms with van der Waals surface area (Å²) in [7, 11) is 0. The Morgan fingerprint density at radius 3 is 2.67 bits per heavy atom. The number of thiazole rings is 1. The van der Waals surface area contributed by atoms with Crippen molar-refractivity contribution in [2.45, 2.75) is 0 Å². The molecule has 0 spiro atoms. The predicted octanol–water partition coefficient (Wildman–Crippen LogP) is 3.06. The van der Waals surface area contributed by atoms with Crippen LogP contribution in [-0.2, 0) is 0 Å². The predicted molar refractivity (Wildman–Crippen MR) is 94.8 cm³/mol. The summed E-state index contributed by atoms with van der Waals surface area (Å²) in [6, 6.07) is 15.8. The summed E-state index contributed by atoms with van der Waals surface area (Å²) in [5.74, 6) is 0. The average Bonchev–Trinajstić information content (AvgIpc) is 2.99. The van der Waals surface area contributed by atoms with E-state index < -0.39 is 0 Å². The minimum atomic E-state index is 0.00208. The Labute approximate surface area is 137 Å². The molecule has 0 fully saturated rings. The van der Waals surface area contributed by atoms with Crippen molar-refractivity contribution in [3.8, 4) is 0 Å². The second-order valence-electron chi connectivity index (χ2n) is 4.69. The Morgan fingerprint density at radius 2 is 1.86 bits per heavy atom. The fourth-order valence-corrected chi connectivity index (χ4v) is 3.67. The Hall–Kier alpha value is -1.73. The summed E-state index contributed by atoms with van der Waals surface area (Å²) in [6.07, 6.45) is 1.92. The molecule has 21 heavy (non-hydrogen) atoms. The van der Waals surface area contributed by atoms with E-state index >= 15 is 0 Å². The van der Waals surface area contributed by atoms with E-state index in [1.807, 2.05) is 54.6 Å². The number of hydrogen-bond donors (Lipinski definition) is 0. The van der Waals surface area contributed by atoms with E-state index in [1.54, 1.807) is 4.40 Å². The van der Waals surface area contributed by atoms with Gasteiger partial charge < -0.3 is 0 Å². The number of imidazole rings is 1. The van der Waals surface area contributed by atoms with E-state index in [1.165, 1.54) is 14.9 Å². The Morgan fingerprint density at radius 1 is 1.10 bits per heavy atom. The Kier molecular flexibility index (Phi) is 3.04. The lowest BCUT2D eigenvalue weighted by molar-refractivity contribution is 1.19. The Bertz CT molecular complexity index is 1060. The van der Waals surface area contributed by atoms with Gasteiger partial charge in [0.2, 0.25) is 0 Å². The molecule has 2 heterocycles. The van der Waals surface area contributed by atoms with Crippen molar-refractivity contribution in [3.05, 3.63) is 72.6 Å². The zero-order valence-corrected chi connectivity index (χ0v) is 13.8. The highest BCUT2D eigenvalue weighted by molar-refractivity contribution is 14.1. The smallest absolute Gasteiger partial charge is 0.267 e. The van der Waals surface area contributed by atoms with Crippen molar-refractivity contribution >= 4 is 56.0 Å². The van der Waals surface area contributed by atoms with Gasteiger partial charge in [-0.05, 0) is 58.5 Å². The van der Waals surface area contributed by atoms with Gasteiger partial charge >= 0.3 is 0 Å². The van der Waals surface area contributed by atoms with Gasteiger partial charge in [0.1, 0.15) is 0 Å². The number of fused-ring (bicyclic) bond motifs is 3. The molecular weight excluding hydrogens is 395 g/mol. The van der Waals surface area contributed by atoms with Gasteiger partial charge in [-0.25, -0.2) is 9.38 Å². The van der Waals surface area contributed by atoms with E-state index in [2.05, 4.69) is 27.6 Å². The summed E-state index contributed by atoms with van der Waals surface area (Å²) < 4.78 is 3.59. The molecule has 4 rings (SSSR count). The molecule has 0 bridgehead atoms. The highest BCUT2D eigenvalue weighted by atomic mass is 127. The van der Waals surface area contributed by atoms with Crippen molar-refractivity contribution in [1.29, 1.82) is 0 Å². The van der Waals surface area contributed by atoms with E-state index in [9.17, 15) is 4.79 Å². The minimum Gasteiger partial charge on any atom is -0.267 e. The monoisotopic (exact) mass is 404 g/mol. The maximum atomic E-state index is 12.6. The lowest BCUT2D eigenvalue weighted by atomic mass is 10.2. The van der Waals surface area contributed by atoms with E-state index in [0.29, 0.717) is 4.53 Å². The van der Waals surface area contributed by atoms with Gasteiger partial charge in [-0.3, -0.25) is 4.79 Å². The largest absolute Gasteiger partial charge is 0.274 e. The lowest BCUT2D eigenvalue weighted by Crippen LogP contribution is -2.22. The van der Waals surface area contributed by atoms with Crippen LogP contribution < -0.4 is 10.1 Å². The van der Waals surface area contributed by atoms with Crippen molar-refractivity contribution in [3.63, 3.8) is 0 Å². The van der Waals surface area contributed by atoms with Crippen LogP contribution in [0, 0.1) is 3.57 Å². The van der Waals surface area contributed by atoms with Gasteiger partial charge in [-0.15, -0.1) is 0 Å². The van der Waals surface area contributed by atoms with Gasteiger partial charge in [-0.1, -0.05) is 35.6 Å². The van der Waals surface area contributed by atoms with E-state index in [0.717, 1.165) is 21.6 Å². The number of nitrogens with zero attached hydrogens (tertiary/aromatic N) is 2. The van der Waals surface area contributed by atoms with Crippen LogP contribution in [0.5, 0.6) is 0 Å². The van der Waals surface area contributed by atoms with Gasteiger partial charge in [-0.2, -0.15) is 0 Å². The first-order valence-electron chi connectivity index (χ1n) is 6.40. The van der Waals surface area contributed by atoms with Crippen LogP contribution >= 0.6 is 33.9 Å². The van der Waals surface area contributed by atoms with Crippen molar-refractivity contribution < 1.29 is 0 Å². The van der Waals surface area contributed by atoms with Gasteiger partial charge in [0, 0.05) is 3.57 Å². The molecule has 0 unspecified atom stereocenters. The number of para-hydroxylation sites is 2. The molecule has 0 N–H and O–H groups in total. The first-order valence-corrected chi connectivity index (χ1v) is 8.29. The quantitative estimate of drug-likeness (QED) is 0.457. The highest BCUT2D eigenvalue weighted by Gasteiger charge is 2.10. The number of hydrogen-bond acceptors (Lipinski definition) is 3. The van der Waals surface area contributed by atoms with Gasteiger partial charge in [0.05, 0.1) is 15.6 Å². The van der Waals surface area contributed by atoms with Crippen LogP contribution in [0.1, 0.15) is 5.56 Å². The second kappa shape index (κ2) is 4.92. The first-order chi connectivity index (χ1) is 10.2. The molecule has 5 heteroatoms. The van der Waals surface area contributed by atoms with Crippen LogP contribution in [0.3, 0.4) is 0 Å². The van der Waals surface area contributed by atoms with Crippen LogP contribution in [0.4, 0.5) is 0 Å².